The minimum Gasteiger partial charge on any atom is -0.457 e. The van der Waals surface area contributed by atoms with Crippen LogP contribution in [0.4, 0.5) is 0 Å². The molecule has 0 spiro atoms. The molecule has 2 aliphatic rings. The van der Waals surface area contributed by atoms with Crippen molar-refractivity contribution in [3.63, 3.8) is 0 Å². The van der Waals surface area contributed by atoms with E-state index in [1.165, 1.54) is 11.1 Å². The van der Waals surface area contributed by atoms with E-state index >= 15 is 0 Å². The maximum atomic E-state index is 6.49. The molecular formula is C32H29N3O. The summed E-state index contributed by atoms with van der Waals surface area (Å²) in [5, 5.41) is 0. The zero-order valence-electron chi connectivity index (χ0n) is 20.6. The van der Waals surface area contributed by atoms with Gasteiger partial charge in [0.2, 0.25) is 0 Å². The highest BCUT2D eigenvalue weighted by molar-refractivity contribution is 5.78. The molecule has 2 aliphatic heterocycles. The number of hydrogen-bond donors (Lipinski definition) is 0. The van der Waals surface area contributed by atoms with Crippen molar-refractivity contribution in [3.05, 3.63) is 138 Å². The van der Waals surface area contributed by atoms with Gasteiger partial charge >= 0.3 is 0 Å². The fraction of sp³-hybridized carbons (Fsp3) is 0.156. The molecule has 36 heavy (non-hydrogen) atoms. The van der Waals surface area contributed by atoms with Crippen molar-refractivity contribution in [2.75, 3.05) is 0 Å². The lowest BCUT2D eigenvalue weighted by molar-refractivity contribution is 0.479. The number of aromatic nitrogens is 1. The van der Waals surface area contributed by atoms with Gasteiger partial charge in [-0.05, 0) is 91.1 Å². The van der Waals surface area contributed by atoms with E-state index < -0.39 is 0 Å². The van der Waals surface area contributed by atoms with Gasteiger partial charge in [-0.3, -0.25) is 15.0 Å². The van der Waals surface area contributed by atoms with Crippen LogP contribution in [-0.4, -0.2) is 17.4 Å². The molecule has 0 saturated carbocycles. The quantitative estimate of drug-likeness (QED) is 0.379. The summed E-state index contributed by atoms with van der Waals surface area (Å²) in [5.74, 6) is 1.59. The highest BCUT2D eigenvalue weighted by Crippen LogP contribution is 2.34. The van der Waals surface area contributed by atoms with Gasteiger partial charge in [-0.25, -0.2) is 0 Å². The van der Waals surface area contributed by atoms with Crippen molar-refractivity contribution in [2.24, 2.45) is 9.98 Å². The van der Waals surface area contributed by atoms with Gasteiger partial charge < -0.3 is 4.74 Å². The number of hydrogen-bond acceptors (Lipinski definition) is 4. The Morgan fingerprint density at radius 1 is 0.667 bits per heavy atom. The first kappa shape index (κ1) is 23.4. The number of nitrogens with zero attached hydrogens (tertiary/aromatic N) is 3. The van der Waals surface area contributed by atoms with Gasteiger partial charge in [0.25, 0.3) is 0 Å². The maximum Gasteiger partial charge on any atom is 0.128 e. The van der Waals surface area contributed by atoms with Gasteiger partial charge in [0, 0.05) is 48.1 Å². The summed E-state index contributed by atoms with van der Waals surface area (Å²) in [6, 6.07) is 18.8. The number of aliphatic imine (C=N–C) groups is 2. The normalized spacial score (nSPS) is 22.4. The summed E-state index contributed by atoms with van der Waals surface area (Å²) in [5.41, 5.74) is 3.96. The van der Waals surface area contributed by atoms with Gasteiger partial charge in [0.15, 0.2) is 0 Å². The Bertz CT molecular complexity index is 1380. The highest BCUT2D eigenvalue weighted by atomic mass is 16.5. The molecule has 0 radical (unpaired) electrons. The molecule has 3 heterocycles. The third kappa shape index (κ3) is 5.33. The van der Waals surface area contributed by atoms with E-state index in [1.807, 2.05) is 79.6 Å². The van der Waals surface area contributed by atoms with Gasteiger partial charge in [-0.15, -0.1) is 0 Å². The molecule has 0 bridgehead atoms. The fourth-order valence-corrected chi connectivity index (χ4v) is 4.43. The van der Waals surface area contributed by atoms with E-state index in [2.05, 4.69) is 71.3 Å². The molecule has 0 saturated heterocycles. The van der Waals surface area contributed by atoms with Crippen LogP contribution in [0.25, 0.3) is 0 Å². The second kappa shape index (κ2) is 10.1. The Labute approximate surface area is 212 Å². The first-order chi connectivity index (χ1) is 17.5. The fourth-order valence-electron chi connectivity index (χ4n) is 4.43. The molecule has 2 unspecified atom stereocenters. The molecule has 0 amide bonds. The van der Waals surface area contributed by atoms with Gasteiger partial charge in [0.1, 0.15) is 11.5 Å². The van der Waals surface area contributed by atoms with E-state index in [-0.39, 0.29) is 10.8 Å². The molecule has 178 valence electrons. The van der Waals surface area contributed by atoms with E-state index in [9.17, 15) is 0 Å². The number of rotatable bonds is 6. The predicted molar refractivity (Wildman–Crippen MR) is 148 cm³/mol. The molecule has 0 fully saturated rings. The lowest BCUT2D eigenvalue weighted by Crippen LogP contribution is -2.21. The summed E-state index contributed by atoms with van der Waals surface area (Å²) in [4.78, 5) is 13.0. The zero-order valence-corrected chi connectivity index (χ0v) is 20.6. The number of benzene rings is 2. The van der Waals surface area contributed by atoms with Crippen LogP contribution in [0.5, 0.6) is 11.5 Å². The van der Waals surface area contributed by atoms with E-state index in [4.69, 9.17) is 4.74 Å². The van der Waals surface area contributed by atoms with E-state index in [0.29, 0.717) is 0 Å². The molecule has 0 aliphatic carbocycles. The molecule has 0 N–H and O–H groups in total. The summed E-state index contributed by atoms with van der Waals surface area (Å²) >= 11 is 0. The molecule has 5 rings (SSSR count). The Morgan fingerprint density at radius 2 is 1.33 bits per heavy atom. The van der Waals surface area contributed by atoms with Crippen LogP contribution in [0.1, 0.15) is 36.1 Å². The number of ether oxygens (including phenoxy) is 1. The second-order valence-corrected chi connectivity index (χ2v) is 9.55. The summed E-state index contributed by atoms with van der Waals surface area (Å²) in [7, 11) is 0. The molecule has 4 nitrogen and oxygen atoms in total. The summed E-state index contributed by atoms with van der Waals surface area (Å²) in [6.07, 6.45) is 24.3. The van der Waals surface area contributed by atoms with Crippen LogP contribution in [0, 0.1) is 0 Å². The average Bonchev–Trinajstić information content (AvgIpc) is 3.26. The van der Waals surface area contributed by atoms with Crippen LogP contribution in [-0.2, 0) is 17.3 Å². The highest BCUT2D eigenvalue weighted by Gasteiger charge is 2.24. The average molecular weight is 472 g/mol. The predicted octanol–water partition coefficient (Wildman–Crippen LogP) is 7.29. The van der Waals surface area contributed by atoms with Crippen molar-refractivity contribution in [3.8, 4) is 11.5 Å². The standard InChI is InChI=1S/C32H29N3O/c1-31(12-3-5-14-34-23-31)27-8-7-9-29(21-27)36-30-20-26(18-25-10-16-33-17-11-25)19-28(22-30)32(2)13-4-6-15-35-24-32/h3-17,19-24H,18H2,1-2H3. The molecule has 1 aromatic heterocycles. The van der Waals surface area contributed by atoms with Crippen molar-refractivity contribution >= 4 is 12.4 Å². The number of allylic oxidation sites excluding steroid dienone is 6. The van der Waals surface area contributed by atoms with Crippen LogP contribution < -0.4 is 4.74 Å². The van der Waals surface area contributed by atoms with E-state index in [1.54, 1.807) is 6.20 Å². The minimum atomic E-state index is -0.347. The lowest BCUT2D eigenvalue weighted by Gasteiger charge is -2.24. The van der Waals surface area contributed by atoms with Gasteiger partial charge in [-0.2, -0.15) is 0 Å². The lowest BCUT2D eigenvalue weighted by atomic mass is 9.82. The Morgan fingerprint density at radius 3 is 2.06 bits per heavy atom. The SMILES string of the molecule is CC1(c2cccc(Oc3cc(Cc4ccncc4)cc(C4(C)C=CC=CN=C4)c3)c2)C=CC=CN=C1. The van der Waals surface area contributed by atoms with Gasteiger partial charge in [-0.1, -0.05) is 42.5 Å². The molecule has 2 atom stereocenters. The van der Waals surface area contributed by atoms with Crippen LogP contribution >= 0.6 is 0 Å². The zero-order chi connectivity index (χ0) is 24.8. The van der Waals surface area contributed by atoms with Crippen molar-refractivity contribution in [2.45, 2.75) is 31.1 Å². The van der Waals surface area contributed by atoms with Crippen LogP contribution in [0.2, 0.25) is 0 Å². The smallest absolute Gasteiger partial charge is 0.128 e. The van der Waals surface area contributed by atoms with Crippen molar-refractivity contribution < 1.29 is 4.74 Å². The molecule has 3 aromatic rings. The maximum absolute atomic E-state index is 6.49. The summed E-state index contributed by atoms with van der Waals surface area (Å²) in [6.45, 7) is 4.32. The third-order valence-electron chi connectivity index (χ3n) is 6.57. The monoisotopic (exact) mass is 471 g/mol. The van der Waals surface area contributed by atoms with Gasteiger partial charge in [0.05, 0.1) is 0 Å². The van der Waals surface area contributed by atoms with E-state index in [0.717, 1.165) is 29.0 Å². The molecular weight excluding hydrogens is 442 g/mol. The number of pyridine rings is 1. The summed E-state index contributed by atoms with van der Waals surface area (Å²) < 4.78 is 6.49. The Kier molecular flexibility index (Phi) is 6.59. The Balaban J connectivity index is 1.51. The molecule has 4 heteroatoms. The Hall–Kier alpha value is -4.31. The molecule has 2 aromatic carbocycles. The minimum absolute atomic E-state index is 0.306. The first-order valence-electron chi connectivity index (χ1n) is 12.1. The van der Waals surface area contributed by atoms with Crippen molar-refractivity contribution in [1.29, 1.82) is 0 Å². The van der Waals surface area contributed by atoms with Crippen LogP contribution in [0.3, 0.4) is 0 Å². The van der Waals surface area contributed by atoms with Crippen molar-refractivity contribution in [1.82, 2.24) is 4.98 Å². The van der Waals surface area contributed by atoms with Crippen LogP contribution in [0.15, 0.2) is 126 Å². The second-order valence-electron chi connectivity index (χ2n) is 9.55. The largest absolute Gasteiger partial charge is 0.457 e. The first-order valence-corrected chi connectivity index (χ1v) is 12.1. The third-order valence-corrected chi connectivity index (χ3v) is 6.57. The topological polar surface area (TPSA) is 46.8 Å².